The minimum atomic E-state index is -1.05. The first-order chi connectivity index (χ1) is 14.6. The lowest BCUT2D eigenvalue weighted by molar-refractivity contribution is 0.0107. The Morgan fingerprint density at radius 1 is 1.06 bits per heavy atom. The summed E-state index contributed by atoms with van der Waals surface area (Å²) in [5.74, 6) is 2.07. The molecule has 0 saturated carbocycles. The number of aromatic hydroxyl groups is 1. The first-order valence-corrected chi connectivity index (χ1v) is 16.3. The van der Waals surface area contributed by atoms with Crippen LogP contribution < -0.4 is 4.74 Å². The van der Waals surface area contributed by atoms with Crippen LogP contribution in [0.2, 0.25) is 25.2 Å². The summed E-state index contributed by atoms with van der Waals surface area (Å²) in [7, 11) is -1.05. The van der Waals surface area contributed by atoms with Gasteiger partial charge in [0.2, 0.25) is 0 Å². The zero-order valence-electron chi connectivity index (χ0n) is 21.0. The molecule has 0 fully saturated rings. The van der Waals surface area contributed by atoms with E-state index in [1.165, 1.54) is 61.7 Å². The molecule has 0 spiro atoms. The fourth-order valence-electron chi connectivity index (χ4n) is 5.81. The van der Waals surface area contributed by atoms with E-state index in [0.717, 1.165) is 30.6 Å². The highest BCUT2D eigenvalue weighted by Crippen LogP contribution is 2.53. The highest BCUT2D eigenvalue weighted by Gasteiger charge is 2.45. The number of hydrogen-bond acceptors (Lipinski definition) is 2. The molecule has 3 rings (SSSR count). The number of phenols is 1. The molecule has 174 valence electrons. The van der Waals surface area contributed by atoms with Crippen molar-refractivity contribution in [3.8, 4) is 11.5 Å². The normalized spacial score (nSPS) is 22.3. The second-order valence-electron chi connectivity index (χ2n) is 11.6. The van der Waals surface area contributed by atoms with Crippen molar-refractivity contribution in [1.29, 1.82) is 0 Å². The summed E-state index contributed by atoms with van der Waals surface area (Å²) in [6.07, 6.45) is 13.8. The number of benzene rings is 1. The zero-order valence-corrected chi connectivity index (χ0v) is 22.0. The summed E-state index contributed by atoms with van der Waals surface area (Å²) in [6.45, 7) is 14.1. The highest BCUT2D eigenvalue weighted by atomic mass is 28.3. The van der Waals surface area contributed by atoms with Crippen LogP contribution in [0.25, 0.3) is 0 Å². The van der Waals surface area contributed by atoms with Crippen molar-refractivity contribution in [2.24, 2.45) is 5.92 Å². The lowest BCUT2D eigenvalue weighted by atomic mass is 9.68. The van der Waals surface area contributed by atoms with Crippen LogP contribution in [0.4, 0.5) is 0 Å². The Hall–Kier alpha value is -1.22. The highest BCUT2D eigenvalue weighted by molar-refractivity contribution is 6.77. The minimum absolute atomic E-state index is 0.187. The number of unbranched alkanes of at least 4 members (excludes halogenated alkanes) is 4. The zero-order chi connectivity index (χ0) is 22.6. The lowest BCUT2D eigenvalue weighted by Crippen LogP contribution is -2.45. The van der Waals surface area contributed by atoms with Gasteiger partial charge in [0.25, 0.3) is 0 Å². The number of hydrogen-bond donors (Lipinski definition) is 1. The first-order valence-electron chi connectivity index (χ1n) is 12.8. The maximum Gasteiger partial charge on any atom is 0.127 e. The standard InChI is InChI=1S/C28H46O2Si/c1-7-8-9-11-16-31(5,6)17-12-10-13-22-19-25(29)27-23-18-21(2)14-15-24(23)28(3,4)30-26(27)20-22/h18-20,23-24,29H,7-17H2,1-6H3/t23-,24-/m1/s1. The van der Waals surface area contributed by atoms with Crippen molar-refractivity contribution in [3.05, 3.63) is 34.9 Å². The molecule has 1 aliphatic heterocycles. The molecule has 0 saturated heterocycles. The Bertz CT molecular complexity index is 777. The largest absolute Gasteiger partial charge is 0.507 e. The topological polar surface area (TPSA) is 29.5 Å². The summed E-state index contributed by atoms with van der Waals surface area (Å²) >= 11 is 0. The van der Waals surface area contributed by atoms with Gasteiger partial charge in [0.1, 0.15) is 17.1 Å². The molecule has 1 aromatic rings. The molecule has 0 radical (unpaired) electrons. The molecule has 1 aromatic carbocycles. The van der Waals surface area contributed by atoms with Crippen LogP contribution >= 0.6 is 0 Å². The first kappa shape index (κ1) is 24.4. The van der Waals surface area contributed by atoms with Crippen LogP contribution in [0.1, 0.15) is 96.1 Å². The third kappa shape index (κ3) is 6.18. The molecular formula is C28H46O2Si. The van der Waals surface area contributed by atoms with Gasteiger partial charge in [0, 0.05) is 25.5 Å². The molecule has 2 aliphatic rings. The molecule has 3 heteroatoms. The third-order valence-electron chi connectivity index (χ3n) is 7.80. The Kier molecular flexibility index (Phi) is 7.99. The molecule has 1 heterocycles. The van der Waals surface area contributed by atoms with Gasteiger partial charge in [-0.05, 0) is 64.2 Å². The lowest BCUT2D eigenvalue weighted by Gasteiger charge is -2.46. The number of ether oxygens (including phenoxy) is 1. The maximum absolute atomic E-state index is 11.0. The second-order valence-corrected chi connectivity index (χ2v) is 16.9. The fraction of sp³-hybridized carbons (Fsp3) is 0.714. The number of fused-ring (bicyclic) bond motifs is 3. The summed E-state index contributed by atoms with van der Waals surface area (Å²) in [6, 6.07) is 7.14. The second kappa shape index (κ2) is 10.1. The summed E-state index contributed by atoms with van der Waals surface area (Å²) < 4.78 is 6.49. The van der Waals surface area contributed by atoms with Crippen molar-refractivity contribution in [3.63, 3.8) is 0 Å². The van der Waals surface area contributed by atoms with Crippen LogP contribution in [0, 0.1) is 5.92 Å². The van der Waals surface area contributed by atoms with Crippen molar-refractivity contribution >= 4 is 8.07 Å². The smallest absolute Gasteiger partial charge is 0.127 e. The van der Waals surface area contributed by atoms with Gasteiger partial charge in [0.05, 0.1) is 0 Å². The van der Waals surface area contributed by atoms with Crippen LogP contribution in [0.15, 0.2) is 23.8 Å². The maximum atomic E-state index is 11.0. The van der Waals surface area contributed by atoms with E-state index in [4.69, 9.17) is 4.74 Å². The predicted octanol–water partition coefficient (Wildman–Crippen LogP) is 8.61. The third-order valence-corrected chi connectivity index (χ3v) is 11.2. The molecule has 2 nitrogen and oxygen atoms in total. The van der Waals surface area contributed by atoms with E-state index in [0.29, 0.717) is 11.7 Å². The van der Waals surface area contributed by atoms with E-state index in [-0.39, 0.29) is 11.5 Å². The van der Waals surface area contributed by atoms with Crippen LogP contribution in [-0.2, 0) is 6.42 Å². The van der Waals surface area contributed by atoms with Crippen LogP contribution in [0.3, 0.4) is 0 Å². The molecule has 0 aromatic heterocycles. The fourth-order valence-corrected chi connectivity index (χ4v) is 8.48. The summed E-state index contributed by atoms with van der Waals surface area (Å²) in [4.78, 5) is 0. The molecule has 1 aliphatic carbocycles. The van der Waals surface area contributed by atoms with E-state index in [1.54, 1.807) is 0 Å². The van der Waals surface area contributed by atoms with E-state index < -0.39 is 8.07 Å². The number of phenolic OH excluding ortho intramolecular Hbond substituents is 1. The molecule has 0 unspecified atom stereocenters. The Labute approximate surface area is 192 Å². The van der Waals surface area contributed by atoms with Gasteiger partial charge >= 0.3 is 0 Å². The Balaban J connectivity index is 1.61. The van der Waals surface area contributed by atoms with Crippen LogP contribution in [0.5, 0.6) is 11.5 Å². The Morgan fingerprint density at radius 2 is 1.77 bits per heavy atom. The number of allylic oxidation sites excluding steroid dienone is 2. The van der Waals surface area contributed by atoms with Gasteiger partial charge in [-0.15, -0.1) is 0 Å². The minimum Gasteiger partial charge on any atom is -0.507 e. The monoisotopic (exact) mass is 442 g/mol. The number of aryl methyl sites for hydroxylation is 1. The average molecular weight is 443 g/mol. The number of rotatable bonds is 10. The quantitative estimate of drug-likeness (QED) is 0.223. The predicted molar refractivity (Wildman–Crippen MR) is 136 cm³/mol. The van der Waals surface area contributed by atoms with Crippen molar-refractivity contribution in [2.75, 3.05) is 0 Å². The molecular weight excluding hydrogens is 396 g/mol. The van der Waals surface area contributed by atoms with E-state index in [9.17, 15) is 5.11 Å². The molecule has 1 N–H and O–H groups in total. The van der Waals surface area contributed by atoms with E-state index >= 15 is 0 Å². The van der Waals surface area contributed by atoms with Gasteiger partial charge in [-0.25, -0.2) is 0 Å². The molecule has 0 bridgehead atoms. The van der Waals surface area contributed by atoms with Crippen molar-refractivity contribution < 1.29 is 9.84 Å². The van der Waals surface area contributed by atoms with Crippen LogP contribution in [-0.4, -0.2) is 18.8 Å². The van der Waals surface area contributed by atoms with Gasteiger partial charge in [0.15, 0.2) is 0 Å². The van der Waals surface area contributed by atoms with Gasteiger partial charge in [-0.1, -0.05) is 75.9 Å². The SMILES string of the molecule is CCCCCC[Si](C)(C)CCCCc1cc(O)c2c(c1)OC(C)(C)[C@@H]1CCC(C)=C[C@@H]21. The van der Waals surface area contributed by atoms with Gasteiger partial charge in [-0.3, -0.25) is 0 Å². The molecule has 0 amide bonds. The Morgan fingerprint density at radius 3 is 2.48 bits per heavy atom. The average Bonchev–Trinajstić information content (AvgIpc) is 2.67. The summed E-state index contributed by atoms with van der Waals surface area (Å²) in [5.41, 5.74) is 3.50. The molecule has 31 heavy (non-hydrogen) atoms. The van der Waals surface area contributed by atoms with E-state index in [2.05, 4.69) is 52.9 Å². The van der Waals surface area contributed by atoms with Crippen molar-refractivity contribution in [2.45, 2.75) is 122 Å². The van der Waals surface area contributed by atoms with E-state index in [1.807, 2.05) is 6.07 Å². The molecule has 2 atom stereocenters. The van der Waals surface area contributed by atoms with Crippen molar-refractivity contribution in [1.82, 2.24) is 0 Å². The van der Waals surface area contributed by atoms with Gasteiger partial charge in [-0.2, -0.15) is 0 Å². The van der Waals surface area contributed by atoms with Gasteiger partial charge < -0.3 is 9.84 Å². The summed E-state index contributed by atoms with van der Waals surface area (Å²) in [5, 5.41) is 11.0.